The molecule has 0 radical (unpaired) electrons. The number of aromatic nitrogens is 2. The summed E-state index contributed by atoms with van der Waals surface area (Å²) >= 11 is 0. The standard InChI is InChI=1S/C13H23N3/c1-3-13(4-2,9-14)16-10-15-8-12(16)11-6-5-7-11/h8,10-11H,3-7,9,14H2,1-2H3. The lowest BCUT2D eigenvalue weighted by molar-refractivity contribution is 0.250. The summed E-state index contributed by atoms with van der Waals surface area (Å²) in [6.07, 6.45) is 10.2. The van der Waals surface area contributed by atoms with Crippen molar-refractivity contribution in [2.45, 2.75) is 57.4 Å². The number of hydrogen-bond donors (Lipinski definition) is 1. The van der Waals surface area contributed by atoms with Crippen LogP contribution in [0, 0.1) is 0 Å². The van der Waals surface area contributed by atoms with E-state index in [4.69, 9.17) is 5.73 Å². The van der Waals surface area contributed by atoms with Crippen LogP contribution in [0.3, 0.4) is 0 Å². The molecule has 0 aliphatic heterocycles. The first-order valence-corrected chi connectivity index (χ1v) is 6.50. The van der Waals surface area contributed by atoms with Crippen molar-refractivity contribution in [1.82, 2.24) is 9.55 Å². The van der Waals surface area contributed by atoms with E-state index in [1.54, 1.807) is 0 Å². The van der Waals surface area contributed by atoms with Gasteiger partial charge in [-0.25, -0.2) is 4.98 Å². The highest BCUT2D eigenvalue weighted by Crippen LogP contribution is 2.39. The van der Waals surface area contributed by atoms with E-state index >= 15 is 0 Å². The van der Waals surface area contributed by atoms with E-state index in [0.717, 1.165) is 18.8 Å². The fraction of sp³-hybridized carbons (Fsp3) is 0.769. The third-order valence-corrected chi connectivity index (χ3v) is 4.40. The molecule has 3 heteroatoms. The Morgan fingerprint density at radius 1 is 1.44 bits per heavy atom. The van der Waals surface area contributed by atoms with Gasteiger partial charge < -0.3 is 10.3 Å². The highest BCUT2D eigenvalue weighted by molar-refractivity contribution is 5.13. The first-order chi connectivity index (χ1) is 7.77. The molecule has 1 aromatic heterocycles. The second kappa shape index (κ2) is 4.58. The molecule has 16 heavy (non-hydrogen) atoms. The Morgan fingerprint density at radius 2 is 2.12 bits per heavy atom. The van der Waals surface area contributed by atoms with E-state index in [1.807, 2.05) is 12.5 Å². The van der Waals surface area contributed by atoms with Gasteiger partial charge in [0.25, 0.3) is 0 Å². The largest absolute Gasteiger partial charge is 0.328 e. The summed E-state index contributed by atoms with van der Waals surface area (Å²) in [7, 11) is 0. The van der Waals surface area contributed by atoms with Crippen LogP contribution in [0.4, 0.5) is 0 Å². The van der Waals surface area contributed by atoms with Crippen LogP contribution >= 0.6 is 0 Å². The molecule has 1 aliphatic rings. The fourth-order valence-corrected chi connectivity index (χ4v) is 2.69. The van der Waals surface area contributed by atoms with Crippen molar-refractivity contribution >= 4 is 0 Å². The molecule has 0 saturated heterocycles. The van der Waals surface area contributed by atoms with Gasteiger partial charge >= 0.3 is 0 Å². The predicted molar refractivity (Wildman–Crippen MR) is 66.4 cm³/mol. The average molecular weight is 221 g/mol. The summed E-state index contributed by atoms with van der Waals surface area (Å²) in [6, 6.07) is 0. The van der Waals surface area contributed by atoms with Crippen LogP contribution in [0.5, 0.6) is 0 Å². The molecule has 1 aliphatic carbocycles. The van der Waals surface area contributed by atoms with Crippen LogP contribution < -0.4 is 5.73 Å². The summed E-state index contributed by atoms with van der Waals surface area (Å²) in [5, 5.41) is 0. The summed E-state index contributed by atoms with van der Waals surface area (Å²) in [4.78, 5) is 4.34. The van der Waals surface area contributed by atoms with E-state index in [9.17, 15) is 0 Å². The van der Waals surface area contributed by atoms with Crippen LogP contribution in [0.15, 0.2) is 12.5 Å². The van der Waals surface area contributed by atoms with Gasteiger partial charge in [0.2, 0.25) is 0 Å². The first-order valence-electron chi connectivity index (χ1n) is 6.50. The van der Waals surface area contributed by atoms with Crippen LogP contribution in [0.25, 0.3) is 0 Å². The van der Waals surface area contributed by atoms with Crippen molar-refractivity contribution < 1.29 is 0 Å². The normalized spacial score (nSPS) is 17.4. The summed E-state index contributed by atoms with van der Waals surface area (Å²) in [5.74, 6) is 0.728. The van der Waals surface area contributed by atoms with Gasteiger partial charge in [0.1, 0.15) is 0 Å². The lowest BCUT2D eigenvalue weighted by Gasteiger charge is -2.37. The predicted octanol–water partition coefficient (Wildman–Crippen LogP) is 2.62. The van der Waals surface area contributed by atoms with Gasteiger partial charge in [-0.3, -0.25) is 0 Å². The van der Waals surface area contributed by atoms with Crippen molar-refractivity contribution in [1.29, 1.82) is 0 Å². The fourth-order valence-electron chi connectivity index (χ4n) is 2.69. The van der Waals surface area contributed by atoms with E-state index in [2.05, 4.69) is 23.4 Å². The Morgan fingerprint density at radius 3 is 2.56 bits per heavy atom. The third kappa shape index (κ3) is 1.67. The van der Waals surface area contributed by atoms with Crippen molar-refractivity contribution in [3.8, 4) is 0 Å². The zero-order chi connectivity index (χ0) is 11.6. The Bertz CT molecular complexity index is 326. The number of rotatable bonds is 5. The molecule has 3 nitrogen and oxygen atoms in total. The zero-order valence-corrected chi connectivity index (χ0v) is 10.4. The Labute approximate surface area is 98.1 Å². The van der Waals surface area contributed by atoms with E-state index < -0.39 is 0 Å². The molecule has 0 unspecified atom stereocenters. The Kier molecular flexibility index (Phi) is 3.33. The van der Waals surface area contributed by atoms with E-state index in [0.29, 0.717) is 6.54 Å². The number of nitrogens with zero attached hydrogens (tertiary/aromatic N) is 2. The SMILES string of the molecule is CCC(CC)(CN)n1cncc1C1CCC1. The molecule has 0 bridgehead atoms. The minimum Gasteiger partial charge on any atom is -0.328 e. The third-order valence-electron chi connectivity index (χ3n) is 4.40. The summed E-state index contributed by atoms with van der Waals surface area (Å²) < 4.78 is 2.36. The van der Waals surface area contributed by atoms with Crippen molar-refractivity contribution in [2.24, 2.45) is 5.73 Å². The molecule has 1 fully saturated rings. The summed E-state index contributed by atoms with van der Waals surface area (Å²) in [5.41, 5.74) is 7.49. The molecule has 0 atom stereocenters. The lowest BCUT2D eigenvalue weighted by atomic mass is 9.82. The Balaban J connectivity index is 2.33. The van der Waals surface area contributed by atoms with Gasteiger partial charge in [0.05, 0.1) is 11.9 Å². The smallest absolute Gasteiger partial charge is 0.0953 e. The number of imidazole rings is 1. The average Bonchev–Trinajstić information content (AvgIpc) is 2.69. The van der Waals surface area contributed by atoms with Crippen LogP contribution in [0.1, 0.15) is 57.6 Å². The zero-order valence-electron chi connectivity index (χ0n) is 10.4. The van der Waals surface area contributed by atoms with Gasteiger partial charge in [0.15, 0.2) is 0 Å². The van der Waals surface area contributed by atoms with Crippen molar-refractivity contribution in [2.75, 3.05) is 6.54 Å². The minimum atomic E-state index is 0.0847. The van der Waals surface area contributed by atoms with E-state index in [-0.39, 0.29) is 5.54 Å². The van der Waals surface area contributed by atoms with Crippen molar-refractivity contribution in [3.63, 3.8) is 0 Å². The highest BCUT2D eigenvalue weighted by Gasteiger charge is 2.32. The molecule has 1 saturated carbocycles. The molecule has 90 valence electrons. The van der Waals surface area contributed by atoms with Gasteiger partial charge in [0, 0.05) is 24.4 Å². The minimum absolute atomic E-state index is 0.0847. The van der Waals surface area contributed by atoms with Crippen LogP contribution in [0.2, 0.25) is 0 Å². The molecule has 2 N–H and O–H groups in total. The molecule has 2 rings (SSSR count). The van der Waals surface area contributed by atoms with Crippen LogP contribution in [-0.2, 0) is 5.54 Å². The molecular weight excluding hydrogens is 198 g/mol. The maximum atomic E-state index is 6.00. The molecule has 0 amide bonds. The second-order valence-corrected chi connectivity index (χ2v) is 4.95. The maximum Gasteiger partial charge on any atom is 0.0953 e. The number of hydrogen-bond acceptors (Lipinski definition) is 2. The molecular formula is C13H23N3. The molecule has 1 heterocycles. The topological polar surface area (TPSA) is 43.8 Å². The molecule has 0 spiro atoms. The quantitative estimate of drug-likeness (QED) is 0.830. The first kappa shape index (κ1) is 11.6. The van der Waals surface area contributed by atoms with E-state index in [1.165, 1.54) is 25.0 Å². The number of nitrogens with two attached hydrogens (primary N) is 1. The van der Waals surface area contributed by atoms with Crippen molar-refractivity contribution in [3.05, 3.63) is 18.2 Å². The van der Waals surface area contributed by atoms with Gasteiger partial charge in [-0.1, -0.05) is 20.3 Å². The lowest BCUT2D eigenvalue weighted by Crippen LogP contribution is -2.41. The molecule has 1 aromatic rings. The highest BCUT2D eigenvalue weighted by atomic mass is 15.1. The maximum absolute atomic E-state index is 6.00. The second-order valence-electron chi connectivity index (χ2n) is 4.95. The van der Waals surface area contributed by atoms with Gasteiger partial charge in [-0.05, 0) is 25.7 Å². The van der Waals surface area contributed by atoms with Gasteiger partial charge in [-0.2, -0.15) is 0 Å². The van der Waals surface area contributed by atoms with Gasteiger partial charge in [-0.15, -0.1) is 0 Å². The van der Waals surface area contributed by atoms with Crippen LogP contribution in [-0.4, -0.2) is 16.1 Å². The summed E-state index contributed by atoms with van der Waals surface area (Å²) in [6.45, 7) is 5.15. The Hall–Kier alpha value is -0.830. The monoisotopic (exact) mass is 221 g/mol. The molecule has 0 aromatic carbocycles.